The van der Waals surface area contributed by atoms with Gasteiger partial charge in [-0.05, 0) is 96.3 Å². The number of esters is 1. The van der Waals surface area contributed by atoms with Crippen molar-refractivity contribution in [2.24, 2.45) is 17.3 Å². The molecule has 30 heavy (non-hydrogen) atoms. The number of benzene rings is 1. The first-order chi connectivity index (χ1) is 14.0. The Labute approximate surface area is 180 Å². The smallest absolute Gasteiger partial charge is 0.316 e. The van der Waals surface area contributed by atoms with Crippen molar-refractivity contribution < 1.29 is 19.4 Å². The quantitative estimate of drug-likeness (QED) is 0.669. The van der Waals surface area contributed by atoms with E-state index in [0.717, 1.165) is 54.4 Å². The molecule has 2 aliphatic rings. The van der Waals surface area contributed by atoms with Crippen LogP contribution in [0.3, 0.4) is 0 Å². The van der Waals surface area contributed by atoms with Gasteiger partial charge in [-0.15, -0.1) is 0 Å². The third-order valence-electron chi connectivity index (χ3n) is 6.52. The van der Waals surface area contributed by atoms with Crippen molar-refractivity contribution >= 4 is 17.3 Å². The van der Waals surface area contributed by atoms with Gasteiger partial charge in [0, 0.05) is 12.3 Å². The average molecular weight is 413 g/mol. The summed E-state index contributed by atoms with van der Waals surface area (Å²) in [5.41, 5.74) is 4.14. The molecule has 0 amide bonds. The van der Waals surface area contributed by atoms with Crippen LogP contribution in [0.2, 0.25) is 0 Å². The van der Waals surface area contributed by atoms with Gasteiger partial charge in [0.25, 0.3) is 0 Å². The normalized spacial score (nSPS) is 25.0. The zero-order valence-corrected chi connectivity index (χ0v) is 19.3. The number of aliphatic hydroxyl groups is 1. The Morgan fingerprint density at radius 3 is 2.17 bits per heavy atom. The molecule has 2 aliphatic carbocycles. The van der Waals surface area contributed by atoms with E-state index in [9.17, 15) is 14.7 Å². The maximum absolute atomic E-state index is 13.6. The minimum atomic E-state index is -0.629. The molecule has 0 radical (unpaired) electrons. The molecule has 4 heteroatoms. The zero-order chi connectivity index (χ0) is 22.2. The van der Waals surface area contributed by atoms with Crippen LogP contribution in [-0.4, -0.2) is 23.0 Å². The van der Waals surface area contributed by atoms with Gasteiger partial charge in [0.1, 0.15) is 5.76 Å². The zero-order valence-electron chi connectivity index (χ0n) is 19.3. The summed E-state index contributed by atoms with van der Waals surface area (Å²) in [4.78, 5) is 26.2. The van der Waals surface area contributed by atoms with Gasteiger partial charge in [-0.25, -0.2) is 0 Å². The molecule has 1 saturated carbocycles. The molecule has 0 heterocycles. The van der Waals surface area contributed by atoms with Crippen LogP contribution >= 0.6 is 0 Å². The molecule has 1 fully saturated rings. The summed E-state index contributed by atoms with van der Waals surface area (Å²) < 4.78 is 5.87. The molecule has 1 aromatic rings. The number of carbonyl (C=O) groups excluding carboxylic acids is 2. The standard InChI is InChI=1S/C26H36O4/c1-15-11-16(2)22(17(3)12-15)23-21(30-25(29)26(4,5)6)14-19(24(23)28)13-18-7-9-20(27)10-8-18/h11-12,18-20,27H,7-10,13-14H2,1-6H3. The van der Waals surface area contributed by atoms with E-state index in [2.05, 4.69) is 19.1 Å². The molecule has 0 bridgehead atoms. The average Bonchev–Trinajstić information content (AvgIpc) is 2.91. The monoisotopic (exact) mass is 412 g/mol. The van der Waals surface area contributed by atoms with Gasteiger partial charge in [0.05, 0.1) is 17.1 Å². The number of ether oxygens (including phenoxy) is 1. The Hall–Kier alpha value is -1.94. The van der Waals surface area contributed by atoms with Crippen LogP contribution < -0.4 is 0 Å². The van der Waals surface area contributed by atoms with Crippen LogP contribution in [0.5, 0.6) is 0 Å². The Morgan fingerprint density at radius 2 is 1.63 bits per heavy atom. The highest BCUT2D eigenvalue weighted by molar-refractivity contribution is 6.25. The third kappa shape index (κ3) is 4.85. The number of ketones is 1. The number of carbonyl (C=O) groups is 2. The molecule has 3 rings (SSSR count). The Bertz CT molecular complexity index is 841. The highest BCUT2D eigenvalue weighted by Gasteiger charge is 2.40. The summed E-state index contributed by atoms with van der Waals surface area (Å²) in [6.45, 7) is 11.6. The van der Waals surface area contributed by atoms with Gasteiger partial charge in [-0.3, -0.25) is 9.59 Å². The Kier molecular flexibility index (Phi) is 6.57. The molecule has 1 aromatic carbocycles. The lowest BCUT2D eigenvalue weighted by molar-refractivity contribution is -0.148. The number of aryl methyl sites for hydroxylation is 3. The molecule has 1 atom stereocenters. The fourth-order valence-corrected chi connectivity index (χ4v) is 4.93. The van der Waals surface area contributed by atoms with Gasteiger partial charge in [-0.1, -0.05) is 17.7 Å². The predicted octanol–water partition coefficient (Wildman–Crippen LogP) is 5.44. The highest BCUT2D eigenvalue weighted by Crippen LogP contribution is 2.43. The first kappa shape index (κ1) is 22.7. The predicted molar refractivity (Wildman–Crippen MR) is 119 cm³/mol. The largest absolute Gasteiger partial charge is 0.430 e. The van der Waals surface area contributed by atoms with Crippen molar-refractivity contribution in [2.75, 3.05) is 0 Å². The summed E-state index contributed by atoms with van der Waals surface area (Å²) in [6, 6.07) is 4.17. The summed E-state index contributed by atoms with van der Waals surface area (Å²) in [5, 5.41) is 9.80. The maximum Gasteiger partial charge on any atom is 0.316 e. The summed E-state index contributed by atoms with van der Waals surface area (Å²) >= 11 is 0. The van der Waals surface area contributed by atoms with Crippen LogP contribution in [0.1, 0.15) is 81.5 Å². The van der Waals surface area contributed by atoms with E-state index >= 15 is 0 Å². The van der Waals surface area contributed by atoms with E-state index < -0.39 is 5.41 Å². The van der Waals surface area contributed by atoms with Crippen LogP contribution in [0.15, 0.2) is 17.9 Å². The second-order valence-electron chi connectivity index (χ2n) is 10.4. The molecule has 1 N–H and O–H groups in total. The van der Waals surface area contributed by atoms with Crippen molar-refractivity contribution in [2.45, 2.75) is 86.2 Å². The lowest BCUT2D eigenvalue weighted by Gasteiger charge is -2.27. The van der Waals surface area contributed by atoms with Gasteiger partial charge in [0.2, 0.25) is 0 Å². The van der Waals surface area contributed by atoms with Crippen LogP contribution in [-0.2, 0) is 14.3 Å². The Morgan fingerprint density at radius 1 is 1.07 bits per heavy atom. The minimum Gasteiger partial charge on any atom is -0.430 e. The van der Waals surface area contributed by atoms with Crippen molar-refractivity contribution in [1.29, 1.82) is 0 Å². The van der Waals surface area contributed by atoms with E-state index in [-0.39, 0.29) is 23.8 Å². The SMILES string of the molecule is Cc1cc(C)c(C2=C(OC(=O)C(C)(C)C)CC(CC3CCC(O)CC3)C2=O)c(C)c1. The van der Waals surface area contributed by atoms with Crippen molar-refractivity contribution in [3.05, 3.63) is 40.1 Å². The molecule has 0 aliphatic heterocycles. The van der Waals surface area contributed by atoms with Crippen molar-refractivity contribution in [3.63, 3.8) is 0 Å². The van der Waals surface area contributed by atoms with E-state index in [1.165, 1.54) is 0 Å². The molecule has 0 saturated heterocycles. The van der Waals surface area contributed by atoms with Gasteiger partial charge in [-0.2, -0.15) is 0 Å². The van der Waals surface area contributed by atoms with Gasteiger partial charge >= 0.3 is 5.97 Å². The fraction of sp³-hybridized carbons (Fsp3) is 0.615. The minimum absolute atomic E-state index is 0.105. The van der Waals surface area contributed by atoms with Crippen LogP contribution in [0, 0.1) is 38.0 Å². The van der Waals surface area contributed by atoms with Gasteiger partial charge in [0.15, 0.2) is 5.78 Å². The second kappa shape index (κ2) is 8.66. The van der Waals surface area contributed by atoms with Crippen molar-refractivity contribution in [3.8, 4) is 0 Å². The fourth-order valence-electron chi connectivity index (χ4n) is 4.93. The Balaban J connectivity index is 1.94. The number of aliphatic hydroxyl groups excluding tert-OH is 1. The van der Waals surface area contributed by atoms with E-state index in [1.54, 1.807) is 0 Å². The van der Waals surface area contributed by atoms with E-state index in [1.807, 2.05) is 34.6 Å². The van der Waals surface area contributed by atoms with Crippen molar-refractivity contribution in [1.82, 2.24) is 0 Å². The number of Topliss-reactive ketones (excluding diaryl/α,β-unsaturated/α-hetero) is 1. The lowest BCUT2D eigenvalue weighted by Crippen LogP contribution is -2.23. The summed E-state index contributed by atoms with van der Waals surface area (Å²) in [6.07, 6.45) is 4.63. The molecule has 0 spiro atoms. The van der Waals surface area contributed by atoms with E-state index in [4.69, 9.17) is 4.74 Å². The maximum atomic E-state index is 13.6. The molecule has 164 valence electrons. The molecule has 1 unspecified atom stereocenters. The molecular formula is C26H36O4. The van der Waals surface area contributed by atoms with Crippen LogP contribution in [0.25, 0.3) is 5.57 Å². The second-order valence-corrected chi connectivity index (χ2v) is 10.4. The molecule has 0 aromatic heterocycles. The highest BCUT2D eigenvalue weighted by atomic mass is 16.5. The van der Waals surface area contributed by atoms with Gasteiger partial charge < -0.3 is 9.84 Å². The first-order valence-corrected chi connectivity index (χ1v) is 11.2. The number of hydrogen-bond donors (Lipinski definition) is 1. The summed E-state index contributed by atoms with van der Waals surface area (Å²) in [5.74, 6) is 0.639. The molecular weight excluding hydrogens is 376 g/mol. The first-order valence-electron chi connectivity index (χ1n) is 11.2. The number of rotatable bonds is 4. The third-order valence-corrected chi connectivity index (χ3v) is 6.52. The number of hydrogen-bond acceptors (Lipinski definition) is 4. The van der Waals surface area contributed by atoms with E-state index in [0.29, 0.717) is 23.7 Å². The van der Waals surface area contributed by atoms with Crippen LogP contribution in [0.4, 0.5) is 0 Å². The molecule has 4 nitrogen and oxygen atoms in total. The topological polar surface area (TPSA) is 63.6 Å². The summed E-state index contributed by atoms with van der Waals surface area (Å²) in [7, 11) is 0. The number of allylic oxidation sites excluding steroid dienone is 2. The lowest BCUT2D eigenvalue weighted by atomic mass is 9.80.